The molecule has 73 valence electrons. The van der Waals surface area contributed by atoms with Gasteiger partial charge in [-0.25, -0.2) is 5.11 Å². The standard InChI is InChI=1S/C14H11O/c15-9-10-5-6-14-12(7-10)8-11-3-1-2-4-13(11)14/h1-7H,8-9H2. The molecule has 0 saturated heterocycles. The van der Waals surface area contributed by atoms with Crippen LogP contribution in [0, 0.1) is 0 Å². The van der Waals surface area contributed by atoms with Crippen molar-refractivity contribution in [2.24, 2.45) is 0 Å². The van der Waals surface area contributed by atoms with Gasteiger partial charge in [0.1, 0.15) is 6.61 Å². The Morgan fingerprint density at radius 1 is 0.933 bits per heavy atom. The Hall–Kier alpha value is -1.60. The fourth-order valence-corrected chi connectivity index (χ4v) is 2.29. The van der Waals surface area contributed by atoms with E-state index in [1.165, 1.54) is 22.3 Å². The second-order valence-electron chi connectivity index (χ2n) is 3.97. The monoisotopic (exact) mass is 195 g/mol. The van der Waals surface area contributed by atoms with Gasteiger partial charge < -0.3 is 0 Å². The number of hydrogen-bond donors (Lipinski definition) is 0. The molecule has 0 unspecified atom stereocenters. The van der Waals surface area contributed by atoms with Crippen LogP contribution >= 0.6 is 0 Å². The summed E-state index contributed by atoms with van der Waals surface area (Å²) < 4.78 is 0. The molecule has 2 aromatic rings. The normalized spacial score (nSPS) is 12.3. The van der Waals surface area contributed by atoms with E-state index in [1.807, 2.05) is 12.1 Å². The van der Waals surface area contributed by atoms with Crippen molar-refractivity contribution in [3.63, 3.8) is 0 Å². The van der Waals surface area contributed by atoms with E-state index in [0.29, 0.717) is 0 Å². The van der Waals surface area contributed by atoms with E-state index >= 15 is 0 Å². The summed E-state index contributed by atoms with van der Waals surface area (Å²) in [4.78, 5) is 0. The Morgan fingerprint density at radius 3 is 2.60 bits per heavy atom. The second kappa shape index (κ2) is 3.21. The van der Waals surface area contributed by atoms with Crippen LogP contribution in [0.2, 0.25) is 0 Å². The van der Waals surface area contributed by atoms with Crippen LogP contribution < -0.4 is 0 Å². The Balaban J connectivity index is 2.18. The first kappa shape index (κ1) is 8.69. The third-order valence-corrected chi connectivity index (χ3v) is 3.02. The van der Waals surface area contributed by atoms with E-state index in [9.17, 15) is 5.11 Å². The van der Waals surface area contributed by atoms with E-state index in [-0.39, 0.29) is 6.61 Å². The van der Waals surface area contributed by atoms with Gasteiger partial charge in [0.2, 0.25) is 0 Å². The van der Waals surface area contributed by atoms with Gasteiger partial charge in [0, 0.05) is 0 Å². The van der Waals surface area contributed by atoms with E-state index < -0.39 is 0 Å². The molecule has 15 heavy (non-hydrogen) atoms. The maximum Gasteiger partial charge on any atom is 0.107 e. The van der Waals surface area contributed by atoms with Gasteiger partial charge in [-0.05, 0) is 34.2 Å². The topological polar surface area (TPSA) is 19.9 Å². The number of fused-ring (bicyclic) bond motifs is 3. The number of benzene rings is 2. The molecule has 1 heteroatoms. The van der Waals surface area contributed by atoms with Crippen LogP contribution in [0.3, 0.4) is 0 Å². The van der Waals surface area contributed by atoms with Crippen molar-refractivity contribution in [2.45, 2.75) is 13.0 Å². The molecular weight excluding hydrogens is 184 g/mol. The van der Waals surface area contributed by atoms with Crippen molar-refractivity contribution in [3.8, 4) is 11.1 Å². The Bertz CT molecular complexity index is 514. The average Bonchev–Trinajstić information content (AvgIpc) is 2.66. The van der Waals surface area contributed by atoms with Gasteiger partial charge in [-0.2, -0.15) is 0 Å². The summed E-state index contributed by atoms with van der Waals surface area (Å²) in [6, 6.07) is 14.5. The zero-order valence-electron chi connectivity index (χ0n) is 8.36. The molecule has 0 heterocycles. The first-order valence-corrected chi connectivity index (χ1v) is 5.16. The molecule has 1 radical (unpaired) electrons. The van der Waals surface area contributed by atoms with Crippen LogP contribution in [0.25, 0.3) is 11.1 Å². The Kier molecular flexibility index (Phi) is 1.86. The Labute approximate surface area is 89.0 Å². The molecular formula is C14H11O. The molecule has 0 aliphatic heterocycles. The quantitative estimate of drug-likeness (QED) is 0.568. The summed E-state index contributed by atoms with van der Waals surface area (Å²) in [6.07, 6.45) is 0.972. The number of rotatable bonds is 1. The van der Waals surface area contributed by atoms with Crippen molar-refractivity contribution < 1.29 is 5.11 Å². The highest BCUT2D eigenvalue weighted by atomic mass is 16.3. The third-order valence-electron chi connectivity index (χ3n) is 3.02. The van der Waals surface area contributed by atoms with Crippen molar-refractivity contribution in [1.82, 2.24) is 0 Å². The smallest absolute Gasteiger partial charge is 0.107 e. The summed E-state index contributed by atoms with van der Waals surface area (Å²) in [5.74, 6) is 0. The highest BCUT2D eigenvalue weighted by Crippen LogP contribution is 2.36. The van der Waals surface area contributed by atoms with Gasteiger partial charge in [0.05, 0.1) is 0 Å². The predicted molar refractivity (Wildman–Crippen MR) is 59.1 cm³/mol. The highest BCUT2D eigenvalue weighted by Gasteiger charge is 2.17. The summed E-state index contributed by atoms with van der Waals surface area (Å²) >= 11 is 0. The first-order chi connectivity index (χ1) is 7.38. The summed E-state index contributed by atoms with van der Waals surface area (Å²) in [6.45, 7) is -0.121. The third kappa shape index (κ3) is 1.28. The minimum atomic E-state index is -0.121. The molecule has 1 nitrogen and oxygen atoms in total. The van der Waals surface area contributed by atoms with Crippen molar-refractivity contribution >= 4 is 0 Å². The molecule has 0 amide bonds. The second-order valence-corrected chi connectivity index (χ2v) is 3.97. The fraction of sp³-hybridized carbons (Fsp3) is 0.143. The summed E-state index contributed by atoms with van der Waals surface area (Å²) in [7, 11) is 0. The lowest BCUT2D eigenvalue weighted by atomic mass is 10.0. The van der Waals surface area contributed by atoms with Crippen molar-refractivity contribution in [1.29, 1.82) is 0 Å². The van der Waals surface area contributed by atoms with E-state index in [4.69, 9.17) is 0 Å². The lowest BCUT2D eigenvalue weighted by molar-refractivity contribution is 0.177. The minimum absolute atomic E-state index is 0.121. The highest BCUT2D eigenvalue weighted by molar-refractivity contribution is 5.76. The van der Waals surface area contributed by atoms with Gasteiger partial charge in [-0.1, -0.05) is 42.5 Å². The fourth-order valence-electron chi connectivity index (χ4n) is 2.29. The molecule has 3 rings (SSSR count). The van der Waals surface area contributed by atoms with E-state index in [1.54, 1.807) is 0 Å². The van der Waals surface area contributed by atoms with Crippen LogP contribution in [0.4, 0.5) is 0 Å². The zero-order valence-corrected chi connectivity index (χ0v) is 8.36. The lowest BCUT2D eigenvalue weighted by Crippen LogP contribution is -1.85. The SMILES string of the molecule is [O]Cc1ccc2c(c1)Cc1ccccc1-2. The molecule has 0 N–H and O–H groups in total. The van der Waals surface area contributed by atoms with E-state index in [2.05, 4.69) is 30.3 Å². The molecule has 0 saturated carbocycles. The van der Waals surface area contributed by atoms with Crippen molar-refractivity contribution in [3.05, 3.63) is 59.2 Å². The zero-order chi connectivity index (χ0) is 10.3. The van der Waals surface area contributed by atoms with Crippen LogP contribution in [-0.4, -0.2) is 0 Å². The minimum Gasteiger partial charge on any atom is -0.232 e. The maximum absolute atomic E-state index is 10.8. The molecule has 1 aliphatic rings. The summed E-state index contributed by atoms with van der Waals surface area (Å²) in [5, 5.41) is 10.8. The first-order valence-electron chi connectivity index (χ1n) is 5.16. The van der Waals surface area contributed by atoms with Gasteiger partial charge in [0.25, 0.3) is 0 Å². The van der Waals surface area contributed by atoms with Crippen LogP contribution in [0.15, 0.2) is 42.5 Å². The van der Waals surface area contributed by atoms with E-state index in [0.717, 1.165) is 12.0 Å². The Morgan fingerprint density at radius 2 is 1.73 bits per heavy atom. The molecule has 0 fully saturated rings. The molecule has 0 bridgehead atoms. The lowest BCUT2D eigenvalue weighted by Gasteiger charge is -2.01. The van der Waals surface area contributed by atoms with Crippen molar-refractivity contribution in [2.75, 3.05) is 0 Å². The summed E-state index contributed by atoms with van der Waals surface area (Å²) in [5.41, 5.74) is 6.18. The molecule has 2 aromatic carbocycles. The van der Waals surface area contributed by atoms with Gasteiger partial charge >= 0.3 is 0 Å². The van der Waals surface area contributed by atoms with Gasteiger partial charge in [0.15, 0.2) is 0 Å². The number of hydrogen-bond acceptors (Lipinski definition) is 0. The molecule has 0 aromatic heterocycles. The molecule has 1 aliphatic carbocycles. The van der Waals surface area contributed by atoms with Crippen LogP contribution in [0.1, 0.15) is 16.7 Å². The van der Waals surface area contributed by atoms with Crippen LogP contribution in [-0.2, 0) is 18.1 Å². The van der Waals surface area contributed by atoms with Gasteiger partial charge in [-0.15, -0.1) is 0 Å². The maximum atomic E-state index is 10.8. The average molecular weight is 195 g/mol. The molecule has 0 atom stereocenters. The van der Waals surface area contributed by atoms with Gasteiger partial charge in [-0.3, -0.25) is 0 Å². The largest absolute Gasteiger partial charge is 0.232 e. The predicted octanol–water partition coefficient (Wildman–Crippen LogP) is 3.19. The van der Waals surface area contributed by atoms with Crippen LogP contribution in [0.5, 0.6) is 0 Å². The molecule has 0 spiro atoms.